The van der Waals surface area contributed by atoms with Crippen LogP contribution in [0.1, 0.15) is 6.42 Å². The van der Waals surface area contributed by atoms with Crippen molar-refractivity contribution in [3.05, 3.63) is 0 Å². The normalized spacial score (nSPS) is 35.7. The molecule has 0 bridgehead atoms. The van der Waals surface area contributed by atoms with E-state index in [2.05, 4.69) is 5.32 Å². The maximum Gasteiger partial charge on any atom is 0.158 e. The summed E-state index contributed by atoms with van der Waals surface area (Å²) in [6.45, 7) is 0.653. The van der Waals surface area contributed by atoms with Crippen molar-refractivity contribution in [3.8, 4) is 0 Å². The molecule has 10 heavy (non-hydrogen) atoms. The van der Waals surface area contributed by atoms with Gasteiger partial charge in [0, 0.05) is 0 Å². The molecule has 1 rings (SSSR count). The van der Waals surface area contributed by atoms with Gasteiger partial charge in [0.1, 0.15) is 6.29 Å². The van der Waals surface area contributed by atoms with E-state index in [1.54, 1.807) is 0 Å². The zero-order valence-corrected chi connectivity index (χ0v) is 6.13. The zero-order chi connectivity index (χ0) is 7.56. The summed E-state index contributed by atoms with van der Waals surface area (Å²) in [5, 5.41) is 2.41. The highest BCUT2D eigenvalue weighted by Gasteiger charge is 2.30. The van der Waals surface area contributed by atoms with Gasteiger partial charge in [0.25, 0.3) is 0 Å². The first-order valence-electron chi connectivity index (χ1n) is 3.04. The standard InChI is InChI=1S/C5H9NO3S/c7-3-4-5(10(8)9)1-2-6-4/h3-6H,1-2H2,(H,8,9). The van der Waals surface area contributed by atoms with Crippen LogP contribution < -0.4 is 5.32 Å². The van der Waals surface area contributed by atoms with E-state index in [-0.39, 0.29) is 0 Å². The van der Waals surface area contributed by atoms with Gasteiger partial charge >= 0.3 is 0 Å². The number of carbonyl (C=O) groups excluding carboxylic acids is 1. The van der Waals surface area contributed by atoms with Gasteiger partial charge in [-0.3, -0.25) is 0 Å². The van der Waals surface area contributed by atoms with Gasteiger partial charge in [-0.2, -0.15) is 0 Å². The van der Waals surface area contributed by atoms with Gasteiger partial charge in [-0.1, -0.05) is 0 Å². The lowest BCUT2D eigenvalue weighted by Gasteiger charge is -2.07. The highest BCUT2D eigenvalue weighted by molar-refractivity contribution is 7.80. The Balaban J connectivity index is 2.58. The van der Waals surface area contributed by atoms with Crippen LogP contribution in [-0.2, 0) is 15.9 Å². The maximum absolute atomic E-state index is 10.5. The summed E-state index contributed by atoms with van der Waals surface area (Å²) in [5.41, 5.74) is 0. The van der Waals surface area contributed by atoms with Gasteiger partial charge in [-0.15, -0.1) is 0 Å². The predicted molar refractivity (Wildman–Crippen MR) is 37.0 cm³/mol. The molecule has 1 saturated heterocycles. The van der Waals surface area contributed by atoms with Crippen molar-refractivity contribution in [2.24, 2.45) is 0 Å². The minimum absolute atomic E-state index is 0.405. The largest absolute Gasteiger partial charge is 0.307 e. The van der Waals surface area contributed by atoms with Crippen LogP contribution in [0, 0.1) is 0 Å². The number of hydrogen-bond acceptors (Lipinski definition) is 3. The molecule has 4 nitrogen and oxygen atoms in total. The summed E-state index contributed by atoms with van der Waals surface area (Å²) < 4.78 is 19.1. The van der Waals surface area contributed by atoms with E-state index in [4.69, 9.17) is 4.55 Å². The van der Waals surface area contributed by atoms with E-state index in [1.807, 2.05) is 0 Å². The van der Waals surface area contributed by atoms with E-state index >= 15 is 0 Å². The van der Waals surface area contributed by atoms with Crippen molar-refractivity contribution in [3.63, 3.8) is 0 Å². The molecule has 0 aromatic rings. The number of rotatable bonds is 2. The highest BCUT2D eigenvalue weighted by Crippen LogP contribution is 2.10. The number of nitrogens with one attached hydrogen (secondary N) is 1. The molecule has 0 radical (unpaired) electrons. The van der Waals surface area contributed by atoms with Crippen LogP contribution in [0.15, 0.2) is 0 Å². The fraction of sp³-hybridized carbons (Fsp3) is 0.800. The lowest BCUT2D eigenvalue weighted by Crippen LogP contribution is -2.34. The van der Waals surface area contributed by atoms with Crippen molar-refractivity contribution in [2.75, 3.05) is 6.54 Å². The lowest BCUT2D eigenvalue weighted by atomic mass is 10.2. The van der Waals surface area contributed by atoms with Gasteiger partial charge in [0.15, 0.2) is 11.1 Å². The molecule has 0 spiro atoms. The molecule has 1 heterocycles. The van der Waals surface area contributed by atoms with Gasteiger partial charge in [0.05, 0.1) is 11.3 Å². The molecule has 0 saturated carbocycles. The van der Waals surface area contributed by atoms with E-state index < -0.39 is 22.4 Å². The maximum atomic E-state index is 10.5. The Labute approximate surface area is 61.3 Å². The molecule has 1 aliphatic heterocycles. The molecular formula is C5H9NO3S. The Hall–Kier alpha value is -0.260. The molecule has 1 fully saturated rings. The van der Waals surface area contributed by atoms with Gasteiger partial charge in [-0.05, 0) is 13.0 Å². The number of hydrogen-bond donors (Lipinski definition) is 2. The van der Waals surface area contributed by atoms with Crippen LogP contribution in [0.3, 0.4) is 0 Å². The third-order valence-corrected chi connectivity index (χ3v) is 2.66. The molecule has 0 amide bonds. The van der Waals surface area contributed by atoms with Crippen LogP contribution in [0.25, 0.3) is 0 Å². The van der Waals surface area contributed by atoms with Crippen molar-refractivity contribution < 1.29 is 13.6 Å². The van der Waals surface area contributed by atoms with Crippen LogP contribution in [0.5, 0.6) is 0 Å². The minimum Gasteiger partial charge on any atom is -0.307 e. The number of aldehydes is 1. The topological polar surface area (TPSA) is 66.4 Å². The second-order valence-electron chi connectivity index (χ2n) is 2.22. The fourth-order valence-corrected chi connectivity index (χ4v) is 1.80. The van der Waals surface area contributed by atoms with Gasteiger partial charge in [0.2, 0.25) is 0 Å². The van der Waals surface area contributed by atoms with Crippen molar-refractivity contribution in [1.29, 1.82) is 0 Å². The smallest absolute Gasteiger partial charge is 0.158 e. The van der Waals surface area contributed by atoms with E-state index in [0.29, 0.717) is 19.3 Å². The van der Waals surface area contributed by atoms with Crippen molar-refractivity contribution in [1.82, 2.24) is 5.32 Å². The van der Waals surface area contributed by atoms with Crippen molar-refractivity contribution in [2.45, 2.75) is 17.7 Å². The minimum atomic E-state index is -1.86. The quantitative estimate of drug-likeness (QED) is 0.410. The summed E-state index contributed by atoms with van der Waals surface area (Å²) in [4.78, 5) is 10.2. The van der Waals surface area contributed by atoms with Crippen LogP contribution in [0.4, 0.5) is 0 Å². The average Bonchev–Trinajstić information content (AvgIpc) is 2.33. The SMILES string of the molecule is O=CC1NCCC1S(=O)O. The third-order valence-electron chi connectivity index (χ3n) is 1.62. The Morgan fingerprint density at radius 1 is 1.70 bits per heavy atom. The molecule has 0 aliphatic carbocycles. The zero-order valence-electron chi connectivity index (χ0n) is 5.32. The van der Waals surface area contributed by atoms with Crippen molar-refractivity contribution >= 4 is 17.4 Å². The molecule has 3 unspecified atom stereocenters. The van der Waals surface area contributed by atoms with E-state index in [9.17, 15) is 9.00 Å². The first kappa shape index (κ1) is 7.84. The fourth-order valence-electron chi connectivity index (χ4n) is 1.07. The second-order valence-corrected chi connectivity index (χ2v) is 3.38. The summed E-state index contributed by atoms with van der Waals surface area (Å²) in [6, 6.07) is -0.425. The van der Waals surface area contributed by atoms with Gasteiger partial charge in [-0.25, -0.2) is 4.21 Å². The van der Waals surface area contributed by atoms with E-state index in [1.165, 1.54) is 0 Å². The molecule has 2 N–H and O–H groups in total. The average molecular weight is 163 g/mol. The summed E-state index contributed by atoms with van der Waals surface area (Å²) in [5.74, 6) is 0. The van der Waals surface area contributed by atoms with Crippen LogP contribution in [0.2, 0.25) is 0 Å². The molecule has 0 aromatic heterocycles. The third kappa shape index (κ3) is 1.42. The van der Waals surface area contributed by atoms with Crippen LogP contribution in [-0.4, -0.2) is 32.9 Å². The second kappa shape index (κ2) is 3.23. The molecule has 0 aromatic carbocycles. The molecular weight excluding hydrogens is 154 g/mol. The monoisotopic (exact) mass is 163 g/mol. The highest BCUT2D eigenvalue weighted by atomic mass is 32.2. The summed E-state index contributed by atoms with van der Waals surface area (Å²) in [7, 11) is 0. The molecule has 3 atom stereocenters. The van der Waals surface area contributed by atoms with E-state index in [0.717, 1.165) is 0 Å². The predicted octanol–water partition coefficient (Wildman–Crippen LogP) is -0.863. The number of carbonyl (C=O) groups is 1. The Kier molecular flexibility index (Phi) is 2.53. The Morgan fingerprint density at radius 3 is 2.80 bits per heavy atom. The molecule has 1 aliphatic rings. The first-order chi connectivity index (χ1) is 4.75. The lowest BCUT2D eigenvalue weighted by molar-refractivity contribution is -0.109. The summed E-state index contributed by atoms with van der Waals surface area (Å²) >= 11 is -1.86. The van der Waals surface area contributed by atoms with Gasteiger partial charge < -0.3 is 14.7 Å². The first-order valence-corrected chi connectivity index (χ1v) is 4.21. The summed E-state index contributed by atoms with van der Waals surface area (Å²) in [6.07, 6.45) is 1.29. The molecule has 5 heteroatoms. The van der Waals surface area contributed by atoms with Crippen LogP contribution >= 0.6 is 0 Å². The molecule has 58 valence electrons. The Bertz CT molecular complexity index is 161. The Morgan fingerprint density at radius 2 is 2.40 bits per heavy atom.